The van der Waals surface area contributed by atoms with Crippen LogP contribution in [0.25, 0.3) is 0 Å². The Kier molecular flexibility index (Phi) is 12.3. The zero-order valence-electron chi connectivity index (χ0n) is 24.8. The lowest BCUT2D eigenvalue weighted by atomic mass is 9.94. The fraction of sp³-hybridized carbons (Fsp3) is 0.690. The fourth-order valence-corrected chi connectivity index (χ4v) is 4.68. The Morgan fingerprint density at radius 2 is 1.79 bits per heavy atom. The molecule has 0 radical (unpaired) electrons. The van der Waals surface area contributed by atoms with Gasteiger partial charge in [0.05, 0.1) is 32.8 Å². The molecule has 0 unspecified atom stereocenters. The van der Waals surface area contributed by atoms with Crippen molar-refractivity contribution in [3.8, 4) is 11.5 Å². The monoisotopic (exact) mass is 550 g/mol. The van der Waals surface area contributed by atoms with E-state index < -0.39 is 11.7 Å². The number of methoxy groups -OCH3 is 2. The van der Waals surface area contributed by atoms with Crippen LogP contribution in [-0.4, -0.2) is 92.1 Å². The zero-order valence-corrected chi connectivity index (χ0v) is 24.8. The van der Waals surface area contributed by atoms with E-state index in [4.69, 9.17) is 23.7 Å². The summed E-state index contributed by atoms with van der Waals surface area (Å²) in [5.41, 5.74) is -0.238. The summed E-state index contributed by atoms with van der Waals surface area (Å²) in [5, 5.41) is 0. The predicted octanol–water partition coefficient (Wildman–Crippen LogP) is 4.68. The first-order valence-corrected chi connectivity index (χ1v) is 13.7. The first-order chi connectivity index (χ1) is 18.4. The number of carbonyl (C=O) groups excluding carboxylic acids is 3. The standard InChI is InChI=1S/C29H46N2O8/c1-9-37-26(32)18-22-12-13-23(19-30(22)28(34)39-29(4,5)6)31(20(2)3)27(33)21-11-14-24(36-8)25(17-21)38-16-10-15-35-7/h11,14,17,20,22-23H,9-10,12-13,15-16,18-19H2,1-8H3/t22-,23+/m0/s1. The minimum Gasteiger partial charge on any atom is -0.493 e. The Bertz CT molecular complexity index is 959. The molecule has 2 amide bonds. The van der Waals surface area contributed by atoms with Gasteiger partial charge in [-0.15, -0.1) is 0 Å². The Hall–Kier alpha value is -3.01. The van der Waals surface area contributed by atoms with Crippen LogP contribution in [0, 0.1) is 0 Å². The van der Waals surface area contributed by atoms with Crippen LogP contribution in [-0.2, 0) is 19.0 Å². The molecule has 0 aromatic heterocycles. The molecule has 1 aromatic rings. The Morgan fingerprint density at radius 1 is 1.08 bits per heavy atom. The molecule has 0 N–H and O–H groups in total. The van der Waals surface area contributed by atoms with Crippen LogP contribution in [0.5, 0.6) is 11.5 Å². The molecule has 10 nitrogen and oxygen atoms in total. The number of rotatable bonds is 12. The van der Waals surface area contributed by atoms with Crippen molar-refractivity contribution >= 4 is 18.0 Å². The molecule has 0 bridgehead atoms. The summed E-state index contributed by atoms with van der Waals surface area (Å²) in [5.74, 6) is 0.488. The van der Waals surface area contributed by atoms with Gasteiger partial charge in [0.15, 0.2) is 11.5 Å². The highest BCUT2D eigenvalue weighted by Gasteiger charge is 2.39. The Balaban J connectivity index is 2.30. The Morgan fingerprint density at radius 3 is 2.38 bits per heavy atom. The second kappa shape index (κ2) is 15.0. The molecule has 2 rings (SSSR count). The maximum absolute atomic E-state index is 13.9. The predicted molar refractivity (Wildman–Crippen MR) is 147 cm³/mol. The lowest BCUT2D eigenvalue weighted by Gasteiger charge is -2.45. The highest BCUT2D eigenvalue weighted by molar-refractivity contribution is 5.95. The Labute approximate surface area is 232 Å². The maximum Gasteiger partial charge on any atom is 0.410 e. The molecular weight excluding hydrogens is 504 g/mol. The molecule has 1 saturated heterocycles. The van der Waals surface area contributed by atoms with E-state index in [0.717, 1.165) is 0 Å². The summed E-state index contributed by atoms with van der Waals surface area (Å²) < 4.78 is 27.2. The van der Waals surface area contributed by atoms with Gasteiger partial charge in [-0.05, 0) is 72.6 Å². The van der Waals surface area contributed by atoms with E-state index in [-0.39, 0.29) is 49.6 Å². The number of ether oxygens (including phenoxy) is 5. The highest BCUT2D eigenvalue weighted by atomic mass is 16.6. The summed E-state index contributed by atoms with van der Waals surface area (Å²) >= 11 is 0. The number of carbonyl (C=O) groups is 3. The van der Waals surface area contributed by atoms with Crippen molar-refractivity contribution in [3.05, 3.63) is 23.8 Å². The van der Waals surface area contributed by atoms with Gasteiger partial charge < -0.3 is 33.5 Å². The van der Waals surface area contributed by atoms with Crippen molar-refractivity contribution in [1.82, 2.24) is 9.80 Å². The molecule has 0 spiro atoms. The van der Waals surface area contributed by atoms with Gasteiger partial charge >= 0.3 is 12.1 Å². The van der Waals surface area contributed by atoms with Crippen LogP contribution >= 0.6 is 0 Å². The van der Waals surface area contributed by atoms with Crippen molar-refractivity contribution in [2.24, 2.45) is 0 Å². The van der Waals surface area contributed by atoms with Crippen LogP contribution in [0.4, 0.5) is 4.79 Å². The van der Waals surface area contributed by atoms with Crippen molar-refractivity contribution in [3.63, 3.8) is 0 Å². The molecule has 1 aliphatic rings. The molecular formula is C29H46N2O8. The number of likely N-dealkylation sites (tertiary alicyclic amines) is 1. The zero-order chi connectivity index (χ0) is 29.2. The second-order valence-electron chi connectivity index (χ2n) is 10.9. The first-order valence-electron chi connectivity index (χ1n) is 13.7. The van der Waals surface area contributed by atoms with Gasteiger partial charge in [-0.2, -0.15) is 0 Å². The van der Waals surface area contributed by atoms with Gasteiger partial charge in [-0.3, -0.25) is 9.59 Å². The number of hydrogen-bond acceptors (Lipinski definition) is 8. The third kappa shape index (κ3) is 9.60. The summed E-state index contributed by atoms with van der Waals surface area (Å²) in [6.45, 7) is 12.6. The van der Waals surface area contributed by atoms with Crippen LogP contribution in [0.15, 0.2) is 18.2 Å². The normalized spacial score (nSPS) is 17.5. The van der Waals surface area contributed by atoms with E-state index >= 15 is 0 Å². The molecule has 1 fully saturated rings. The number of esters is 1. The van der Waals surface area contributed by atoms with Gasteiger partial charge in [-0.1, -0.05) is 0 Å². The smallest absolute Gasteiger partial charge is 0.410 e. The van der Waals surface area contributed by atoms with Gasteiger partial charge in [0.2, 0.25) is 0 Å². The van der Waals surface area contributed by atoms with E-state index in [2.05, 4.69) is 0 Å². The van der Waals surface area contributed by atoms with Crippen LogP contribution in [0.3, 0.4) is 0 Å². The molecule has 10 heteroatoms. The molecule has 220 valence electrons. The van der Waals surface area contributed by atoms with Gasteiger partial charge in [0.25, 0.3) is 5.91 Å². The molecule has 1 aromatic carbocycles. The quantitative estimate of drug-likeness (QED) is 0.273. The largest absolute Gasteiger partial charge is 0.493 e. The van der Waals surface area contributed by atoms with Crippen LogP contribution in [0.1, 0.15) is 77.6 Å². The number of amides is 2. The molecule has 0 aliphatic carbocycles. The van der Waals surface area contributed by atoms with Gasteiger partial charge in [0, 0.05) is 44.3 Å². The van der Waals surface area contributed by atoms with Gasteiger partial charge in [-0.25, -0.2) is 4.79 Å². The minimum atomic E-state index is -0.700. The molecule has 0 saturated carbocycles. The fourth-order valence-electron chi connectivity index (χ4n) is 4.68. The van der Waals surface area contributed by atoms with Crippen molar-refractivity contribution in [2.75, 3.05) is 40.6 Å². The van der Waals surface area contributed by atoms with Gasteiger partial charge in [0.1, 0.15) is 5.60 Å². The van der Waals surface area contributed by atoms with Crippen molar-refractivity contribution in [1.29, 1.82) is 0 Å². The van der Waals surface area contributed by atoms with E-state index in [1.165, 1.54) is 0 Å². The van der Waals surface area contributed by atoms with E-state index in [1.54, 1.807) is 69.9 Å². The molecule has 1 heterocycles. The number of nitrogens with zero attached hydrogens (tertiary/aromatic N) is 2. The lowest BCUT2D eigenvalue weighted by Crippen LogP contribution is -2.57. The molecule has 1 aliphatic heterocycles. The number of benzene rings is 1. The van der Waals surface area contributed by atoms with E-state index in [1.807, 2.05) is 13.8 Å². The maximum atomic E-state index is 13.9. The van der Waals surface area contributed by atoms with Crippen molar-refractivity contribution in [2.45, 2.75) is 91.0 Å². The molecule has 39 heavy (non-hydrogen) atoms. The minimum absolute atomic E-state index is 0.0810. The van der Waals surface area contributed by atoms with Crippen LogP contribution in [0.2, 0.25) is 0 Å². The second-order valence-corrected chi connectivity index (χ2v) is 10.9. The number of hydrogen-bond donors (Lipinski definition) is 0. The highest BCUT2D eigenvalue weighted by Crippen LogP contribution is 2.31. The average molecular weight is 551 g/mol. The lowest BCUT2D eigenvalue weighted by molar-refractivity contribution is -0.144. The summed E-state index contributed by atoms with van der Waals surface area (Å²) in [4.78, 5) is 42.7. The third-order valence-corrected chi connectivity index (χ3v) is 6.36. The topological polar surface area (TPSA) is 104 Å². The van der Waals surface area contributed by atoms with E-state index in [9.17, 15) is 14.4 Å². The van der Waals surface area contributed by atoms with E-state index in [0.29, 0.717) is 49.5 Å². The summed E-state index contributed by atoms with van der Waals surface area (Å²) in [7, 11) is 3.19. The number of piperidine rings is 1. The van der Waals surface area contributed by atoms with Crippen molar-refractivity contribution < 1.29 is 38.1 Å². The summed E-state index contributed by atoms with van der Waals surface area (Å²) in [6.07, 6.45) is 1.44. The van der Waals surface area contributed by atoms with Crippen LogP contribution < -0.4 is 9.47 Å². The third-order valence-electron chi connectivity index (χ3n) is 6.36. The molecule has 2 atom stereocenters. The first kappa shape index (κ1) is 32.2. The average Bonchev–Trinajstić information content (AvgIpc) is 2.86. The summed E-state index contributed by atoms with van der Waals surface area (Å²) in [6, 6.07) is 4.36. The SMILES string of the molecule is CCOC(=O)C[C@@H]1CC[C@@H](N(C(=O)c2ccc(OC)c(OCCCOC)c2)C(C)C)CN1C(=O)OC(C)(C)C.